The summed E-state index contributed by atoms with van der Waals surface area (Å²) >= 11 is 1.62. The van der Waals surface area contributed by atoms with Crippen LogP contribution in [-0.2, 0) is 4.74 Å². The van der Waals surface area contributed by atoms with Crippen molar-refractivity contribution in [3.05, 3.63) is 22.7 Å². The Morgan fingerprint density at radius 3 is 3.12 bits per heavy atom. The summed E-state index contributed by atoms with van der Waals surface area (Å²) in [6, 6.07) is 2.00. The first-order valence-electron chi connectivity index (χ1n) is 5.11. The second kappa shape index (κ2) is 5.59. The fourth-order valence-corrected chi connectivity index (χ4v) is 2.24. The quantitative estimate of drug-likeness (QED) is 0.905. The molecular formula is C10H12ClN3O2S. The van der Waals surface area contributed by atoms with Crippen molar-refractivity contribution < 1.29 is 9.26 Å². The number of morpholine rings is 1. The van der Waals surface area contributed by atoms with Gasteiger partial charge in [-0.3, -0.25) is 0 Å². The maximum Gasteiger partial charge on any atom is 0.246 e. The van der Waals surface area contributed by atoms with Gasteiger partial charge in [-0.25, -0.2) is 0 Å². The van der Waals surface area contributed by atoms with Crippen molar-refractivity contribution in [3.8, 4) is 11.4 Å². The normalized spacial score (nSPS) is 19.9. The lowest BCUT2D eigenvalue weighted by molar-refractivity contribution is 0.0659. The number of hydrogen-bond acceptors (Lipinski definition) is 6. The Hall–Kier alpha value is -0.950. The summed E-state index contributed by atoms with van der Waals surface area (Å²) < 4.78 is 10.6. The van der Waals surface area contributed by atoms with Gasteiger partial charge in [-0.05, 0) is 11.4 Å². The van der Waals surface area contributed by atoms with Crippen molar-refractivity contribution in [2.75, 3.05) is 19.8 Å². The molecule has 0 amide bonds. The Morgan fingerprint density at radius 1 is 1.47 bits per heavy atom. The highest BCUT2D eigenvalue weighted by Gasteiger charge is 2.21. The third-order valence-electron chi connectivity index (χ3n) is 2.44. The van der Waals surface area contributed by atoms with Crippen LogP contribution in [0.1, 0.15) is 11.9 Å². The third-order valence-corrected chi connectivity index (χ3v) is 3.12. The van der Waals surface area contributed by atoms with E-state index in [1.807, 2.05) is 16.8 Å². The lowest BCUT2D eigenvalue weighted by Crippen LogP contribution is -2.34. The van der Waals surface area contributed by atoms with E-state index in [4.69, 9.17) is 9.26 Å². The Morgan fingerprint density at radius 2 is 2.41 bits per heavy atom. The average Bonchev–Trinajstić information content (AvgIpc) is 3.01. The molecule has 1 unspecified atom stereocenters. The van der Waals surface area contributed by atoms with Crippen molar-refractivity contribution in [1.29, 1.82) is 0 Å². The van der Waals surface area contributed by atoms with E-state index >= 15 is 0 Å². The van der Waals surface area contributed by atoms with Gasteiger partial charge in [-0.15, -0.1) is 12.4 Å². The van der Waals surface area contributed by atoms with Crippen LogP contribution in [0.25, 0.3) is 11.4 Å². The Kier molecular flexibility index (Phi) is 4.11. The summed E-state index contributed by atoms with van der Waals surface area (Å²) in [6.45, 7) is 2.15. The Bertz CT molecular complexity index is 454. The molecule has 1 aliphatic heterocycles. The molecule has 7 heteroatoms. The smallest absolute Gasteiger partial charge is 0.246 e. The van der Waals surface area contributed by atoms with E-state index in [1.54, 1.807) is 11.3 Å². The molecule has 1 N–H and O–H groups in total. The van der Waals surface area contributed by atoms with Crippen LogP contribution >= 0.6 is 23.7 Å². The van der Waals surface area contributed by atoms with Gasteiger partial charge in [0.05, 0.1) is 13.2 Å². The highest BCUT2D eigenvalue weighted by atomic mass is 35.5. The lowest BCUT2D eigenvalue weighted by atomic mass is 10.3. The fraction of sp³-hybridized carbons (Fsp3) is 0.400. The topological polar surface area (TPSA) is 60.2 Å². The monoisotopic (exact) mass is 273 g/mol. The van der Waals surface area contributed by atoms with Gasteiger partial charge in [0.25, 0.3) is 0 Å². The molecule has 17 heavy (non-hydrogen) atoms. The van der Waals surface area contributed by atoms with Crippen molar-refractivity contribution in [2.45, 2.75) is 6.04 Å². The van der Waals surface area contributed by atoms with Gasteiger partial charge in [0, 0.05) is 17.5 Å². The number of halogens is 1. The maximum atomic E-state index is 5.35. The Labute approximate surface area is 109 Å². The molecule has 0 aliphatic carbocycles. The molecule has 0 spiro atoms. The van der Waals surface area contributed by atoms with Crippen LogP contribution in [0.4, 0.5) is 0 Å². The van der Waals surface area contributed by atoms with Gasteiger partial charge in [0.1, 0.15) is 6.04 Å². The van der Waals surface area contributed by atoms with E-state index < -0.39 is 0 Å². The SMILES string of the molecule is Cl.c1cc(-c2noc(C3COCCN3)n2)cs1. The van der Waals surface area contributed by atoms with E-state index in [1.165, 1.54) is 0 Å². The number of thiophene rings is 1. The molecule has 0 bridgehead atoms. The summed E-state index contributed by atoms with van der Waals surface area (Å²) in [4.78, 5) is 4.36. The highest BCUT2D eigenvalue weighted by molar-refractivity contribution is 7.08. The molecule has 2 aromatic heterocycles. The standard InChI is InChI=1S/C10H11N3O2S.ClH/c1-4-16-6-7(1)9-12-10(15-13-9)8-5-14-3-2-11-8;/h1,4,6,8,11H,2-3,5H2;1H. The summed E-state index contributed by atoms with van der Waals surface area (Å²) in [5.41, 5.74) is 0.997. The van der Waals surface area contributed by atoms with Crippen molar-refractivity contribution >= 4 is 23.7 Å². The molecule has 0 radical (unpaired) electrons. The van der Waals surface area contributed by atoms with Gasteiger partial charge in [0.2, 0.25) is 11.7 Å². The first-order valence-corrected chi connectivity index (χ1v) is 6.05. The number of ether oxygens (including phenoxy) is 1. The van der Waals surface area contributed by atoms with E-state index in [2.05, 4.69) is 15.5 Å². The fourth-order valence-electron chi connectivity index (χ4n) is 1.61. The first-order chi connectivity index (χ1) is 7.93. The summed E-state index contributed by atoms with van der Waals surface area (Å²) in [7, 11) is 0. The zero-order chi connectivity index (χ0) is 10.8. The Balaban J connectivity index is 0.00000108. The van der Waals surface area contributed by atoms with Gasteiger partial charge < -0.3 is 14.6 Å². The second-order valence-electron chi connectivity index (χ2n) is 3.55. The van der Waals surface area contributed by atoms with Crippen LogP contribution in [0.2, 0.25) is 0 Å². The number of nitrogens with one attached hydrogen (secondary N) is 1. The van der Waals surface area contributed by atoms with E-state index in [-0.39, 0.29) is 18.4 Å². The molecule has 2 aromatic rings. The molecule has 3 heterocycles. The van der Waals surface area contributed by atoms with E-state index in [0.29, 0.717) is 18.3 Å². The molecular weight excluding hydrogens is 262 g/mol. The van der Waals surface area contributed by atoms with Crippen LogP contribution in [0.3, 0.4) is 0 Å². The number of aromatic nitrogens is 2. The summed E-state index contributed by atoms with van der Waals surface area (Å²) in [5, 5.41) is 11.2. The van der Waals surface area contributed by atoms with Crippen LogP contribution in [0, 0.1) is 0 Å². The molecule has 3 rings (SSSR count). The molecule has 5 nitrogen and oxygen atoms in total. The predicted octanol–water partition coefficient (Wildman–Crippen LogP) is 1.88. The van der Waals surface area contributed by atoms with Crippen molar-refractivity contribution in [2.24, 2.45) is 0 Å². The molecule has 92 valence electrons. The van der Waals surface area contributed by atoms with Crippen molar-refractivity contribution in [3.63, 3.8) is 0 Å². The maximum absolute atomic E-state index is 5.35. The van der Waals surface area contributed by atoms with Crippen LogP contribution in [0.5, 0.6) is 0 Å². The lowest BCUT2D eigenvalue weighted by Gasteiger charge is -2.20. The zero-order valence-corrected chi connectivity index (χ0v) is 10.6. The second-order valence-corrected chi connectivity index (χ2v) is 4.33. The minimum atomic E-state index is 0. The van der Waals surface area contributed by atoms with Crippen LogP contribution in [0.15, 0.2) is 21.3 Å². The predicted molar refractivity (Wildman–Crippen MR) is 66.4 cm³/mol. The van der Waals surface area contributed by atoms with Gasteiger partial charge >= 0.3 is 0 Å². The van der Waals surface area contributed by atoms with Crippen LogP contribution in [-0.4, -0.2) is 29.9 Å². The third kappa shape index (κ3) is 2.66. The molecule has 0 saturated carbocycles. The molecule has 1 atom stereocenters. The highest BCUT2D eigenvalue weighted by Crippen LogP contribution is 2.21. The van der Waals surface area contributed by atoms with E-state index in [0.717, 1.165) is 18.7 Å². The molecule has 1 aliphatic rings. The van der Waals surface area contributed by atoms with Gasteiger partial charge in [-0.1, -0.05) is 5.16 Å². The van der Waals surface area contributed by atoms with Gasteiger partial charge in [-0.2, -0.15) is 16.3 Å². The molecule has 0 aromatic carbocycles. The van der Waals surface area contributed by atoms with Crippen molar-refractivity contribution in [1.82, 2.24) is 15.5 Å². The summed E-state index contributed by atoms with van der Waals surface area (Å²) in [5.74, 6) is 1.24. The number of rotatable bonds is 2. The minimum absolute atomic E-state index is 0. The van der Waals surface area contributed by atoms with Gasteiger partial charge in [0.15, 0.2) is 0 Å². The average molecular weight is 274 g/mol. The van der Waals surface area contributed by atoms with E-state index in [9.17, 15) is 0 Å². The summed E-state index contributed by atoms with van der Waals surface area (Å²) in [6.07, 6.45) is 0. The largest absolute Gasteiger partial charge is 0.378 e. The first kappa shape index (κ1) is 12.5. The number of nitrogens with zero attached hydrogens (tertiary/aromatic N) is 2. The molecule has 1 saturated heterocycles. The zero-order valence-electron chi connectivity index (χ0n) is 8.96. The number of hydrogen-bond donors (Lipinski definition) is 1. The molecule has 1 fully saturated rings. The minimum Gasteiger partial charge on any atom is -0.378 e. The van der Waals surface area contributed by atoms with Crippen LogP contribution < -0.4 is 5.32 Å².